The normalized spacial score (nSPS) is 22.9. The van der Waals surface area contributed by atoms with Gasteiger partial charge in [-0.25, -0.2) is 0 Å². The lowest BCUT2D eigenvalue weighted by Gasteiger charge is -2.41. The lowest BCUT2D eigenvalue weighted by Crippen LogP contribution is -2.41. The minimum atomic E-state index is -3.50. The maximum atomic E-state index is 12.4. The Hall–Kier alpha value is 0.570. The van der Waals surface area contributed by atoms with Crippen molar-refractivity contribution in [3.05, 3.63) is 0 Å². The molecule has 0 aromatic heterocycles. The summed E-state index contributed by atoms with van der Waals surface area (Å²) in [6.07, 6.45) is 10.0. The third-order valence-corrected chi connectivity index (χ3v) is 9.34. The van der Waals surface area contributed by atoms with Gasteiger partial charge in [0.2, 0.25) is 0 Å². The molecule has 0 unspecified atom stereocenters. The highest BCUT2D eigenvalue weighted by Crippen LogP contribution is 2.53. The Morgan fingerprint density at radius 1 is 0.652 bits per heavy atom. The van der Waals surface area contributed by atoms with Crippen molar-refractivity contribution in [2.24, 2.45) is 22.0 Å². The second kappa shape index (κ2) is 8.30. The molecule has 0 saturated heterocycles. The van der Waals surface area contributed by atoms with E-state index in [0.29, 0.717) is 0 Å². The molecular weight excluding hydrogens is 354 g/mol. The van der Waals surface area contributed by atoms with Crippen LogP contribution in [0.25, 0.3) is 0 Å². The molecule has 2 aliphatic carbocycles. The minimum Gasteiger partial charge on any atom is -0.270 e. The van der Waals surface area contributed by atoms with Crippen LogP contribution in [0.4, 0.5) is 0 Å². The first-order valence-corrected chi connectivity index (χ1v) is 12.6. The molecule has 0 atom stereocenters. The zero-order valence-electron chi connectivity index (χ0n) is 13.5. The highest BCUT2D eigenvalue weighted by atomic mass is 32.2. The Kier molecular flexibility index (Phi) is 7.18. The molecule has 2 rings (SSSR count). The van der Waals surface area contributed by atoms with Gasteiger partial charge in [0.15, 0.2) is 0 Å². The number of nitrogens with zero attached hydrogens (tertiary/aromatic N) is 2. The standard InChI is InChI=1S/C12H30N6O2P2S/c13-21(14,19)17(11-7-3-1-4-8-11)23-18(22(15,16)20)12-9-5-2-6-10-12/h11-12H,1-10H2,(H4,13,14,19)(H4,15,16,20). The predicted molar refractivity (Wildman–Crippen MR) is 97.0 cm³/mol. The zero-order chi connectivity index (χ0) is 17.1. The van der Waals surface area contributed by atoms with E-state index < -0.39 is 15.2 Å². The first kappa shape index (κ1) is 19.9. The molecule has 0 bridgehead atoms. The van der Waals surface area contributed by atoms with Gasteiger partial charge in [-0.15, -0.1) is 0 Å². The van der Waals surface area contributed by atoms with Crippen LogP contribution in [-0.4, -0.2) is 20.2 Å². The average molecular weight is 384 g/mol. The number of hydrogen-bond acceptors (Lipinski definition) is 3. The lowest BCUT2D eigenvalue weighted by atomic mass is 9.96. The number of hydrogen-bond donors (Lipinski definition) is 4. The Morgan fingerprint density at radius 3 is 1.22 bits per heavy atom. The summed E-state index contributed by atoms with van der Waals surface area (Å²) >= 11 is 1.06. The number of nitrogens with two attached hydrogens (primary N) is 4. The Labute approximate surface area is 143 Å². The molecule has 0 aromatic carbocycles. The summed E-state index contributed by atoms with van der Waals surface area (Å²) in [6.45, 7) is 0. The highest BCUT2D eigenvalue weighted by Gasteiger charge is 2.39. The van der Waals surface area contributed by atoms with Crippen LogP contribution in [0.5, 0.6) is 0 Å². The summed E-state index contributed by atoms with van der Waals surface area (Å²) in [5, 5.41) is 0. The van der Waals surface area contributed by atoms with E-state index in [1.165, 1.54) is 8.15 Å². The molecular formula is C12H30N6O2P2S. The third-order valence-electron chi connectivity index (χ3n) is 4.56. The molecule has 2 saturated carbocycles. The van der Waals surface area contributed by atoms with E-state index >= 15 is 0 Å². The Balaban J connectivity index is 2.18. The van der Waals surface area contributed by atoms with Gasteiger partial charge in [-0.05, 0) is 25.7 Å². The molecule has 0 radical (unpaired) electrons. The van der Waals surface area contributed by atoms with Crippen molar-refractivity contribution in [1.82, 2.24) is 8.15 Å². The van der Waals surface area contributed by atoms with Gasteiger partial charge in [0.05, 0.1) is 0 Å². The fourth-order valence-electron chi connectivity index (χ4n) is 3.45. The second-order valence-electron chi connectivity index (χ2n) is 6.62. The van der Waals surface area contributed by atoms with E-state index in [2.05, 4.69) is 0 Å². The van der Waals surface area contributed by atoms with Crippen LogP contribution in [-0.2, 0) is 9.13 Å². The van der Waals surface area contributed by atoms with Gasteiger partial charge in [0.25, 0.3) is 15.2 Å². The smallest absolute Gasteiger partial charge is 0.270 e. The van der Waals surface area contributed by atoms with Crippen molar-refractivity contribution in [3.63, 3.8) is 0 Å². The third kappa shape index (κ3) is 5.80. The van der Waals surface area contributed by atoms with Crippen molar-refractivity contribution in [3.8, 4) is 0 Å². The summed E-state index contributed by atoms with van der Waals surface area (Å²) in [6, 6.07) is 0.0134. The van der Waals surface area contributed by atoms with Crippen LogP contribution in [0.2, 0.25) is 0 Å². The molecule has 0 heterocycles. The van der Waals surface area contributed by atoms with Crippen molar-refractivity contribution in [2.75, 3.05) is 0 Å². The van der Waals surface area contributed by atoms with Crippen LogP contribution in [0.3, 0.4) is 0 Å². The molecule has 0 aromatic rings. The lowest BCUT2D eigenvalue weighted by molar-refractivity contribution is 0.317. The summed E-state index contributed by atoms with van der Waals surface area (Å²) in [5.41, 5.74) is 23.1. The SMILES string of the molecule is NP(N)(=O)N(SN(C1CCCCC1)P(N)(N)=O)C1CCCCC1. The van der Waals surface area contributed by atoms with Gasteiger partial charge in [-0.3, -0.25) is 31.1 Å². The van der Waals surface area contributed by atoms with E-state index in [4.69, 9.17) is 22.0 Å². The van der Waals surface area contributed by atoms with Crippen molar-refractivity contribution in [1.29, 1.82) is 0 Å². The predicted octanol–water partition coefficient (Wildman–Crippen LogP) is 2.87. The van der Waals surface area contributed by atoms with Crippen molar-refractivity contribution >= 4 is 27.3 Å². The van der Waals surface area contributed by atoms with Crippen molar-refractivity contribution < 1.29 is 9.13 Å². The molecule has 2 aliphatic rings. The minimum absolute atomic E-state index is 0.00669. The number of rotatable bonds is 6. The average Bonchev–Trinajstić information content (AvgIpc) is 2.47. The maximum absolute atomic E-state index is 12.4. The van der Waals surface area contributed by atoms with E-state index in [9.17, 15) is 9.13 Å². The van der Waals surface area contributed by atoms with E-state index in [1.807, 2.05) is 0 Å². The van der Waals surface area contributed by atoms with Gasteiger partial charge in [-0.2, -0.15) is 8.15 Å². The molecule has 136 valence electrons. The van der Waals surface area contributed by atoms with Crippen LogP contribution in [0.15, 0.2) is 0 Å². The molecule has 0 aliphatic heterocycles. The fourth-order valence-corrected chi connectivity index (χ4v) is 7.35. The Bertz CT molecular complexity index is 430. The fraction of sp³-hybridized carbons (Fsp3) is 1.00. The first-order valence-electron chi connectivity index (χ1n) is 8.31. The molecule has 8 nitrogen and oxygen atoms in total. The largest absolute Gasteiger partial charge is 0.287 e. The molecule has 23 heavy (non-hydrogen) atoms. The van der Waals surface area contributed by atoms with Gasteiger partial charge >= 0.3 is 0 Å². The van der Waals surface area contributed by atoms with Crippen molar-refractivity contribution in [2.45, 2.75) is 76.3 Å². The van der Waals surface area contributed by atoms with Gasteiger partial charge in [0, 0.05) is 24.2 Å². The van der Waals surface area contributed by atoms with Gasteiger partial charge < -0.3 is 0 Å². The molecule has 2 fully saturated rings. The Morgan fingerprint density at radius 2 is 0.957 bits per heavy atom. The van der Waals surface area contributed by atoms with E-state index in [0.717, 1.165) is 76.3 Å². The monoisotopic (exact) mass is 384 g/mol. The van der Waals surface area contributed by atoms with Gasteiger partial charge in [-0.1, -0.05) is 38.5 Å². The summed E-state index contributed by atoms with van der Waals surface area (Å²) < 4.78 is 27.9. The topological polar surface area (TPSA) is 145 Å². The molecule has 0 spiro atoms. The van der Waals surface area contributed by atoms with Crippen LogP contribution < -0.4 is 22.0 Å². The molecule has 8 N–H and O–H groups in total. The van der Waals surface area contributed by atoms with E-state index in [-0.39, 0.29) is 12.1 Å². The molecule has 0 amide bonds. The highest BCUT2D eigenvalue weighted by molar-refractivity contribution is 8.03. The van der Waals surface area contributed by atoms with E-state index in [1.54, 1.807) is 0 Å². The van der Waals surface area contributed by atoms with Crippen LogP contribution in [0, 0.1) is 0 Å². The summed E-state index contributed by atoms with van der Waals surface area (Å²) in [5.74, 6) is 0. The van der Waals surface area contributed by atoms with Crippen LogP contribution >= 0.6 is 27.3 Å². The quantitative estimate of drug-likeness (QED) is 0.401. The maximum Gasteiger partial charge on any atom is 0.287 e. The van der Waals surface area contributed by atoms with Crippen LogP contribution in [0.1, 0.15) is 64.2 Å². The first-order chi connectivity index (χ1) is 10.7. The zero-order valence-corrected chi connectivity index (χ0v) is 16.2. The summed E-state index contributed by atoms with van der Waals surface area (Å²) in [7, 11) is -6.99. The summed E-state index contributed by atoms with van der Waals surface area (Å²) in [4.78, 5) is 0. The molecule has 11 heteroatoms. The second-order valence-corrected chi connectivity index (χ2v) is 11.7. The van der Waals surface area contributed by atoms with Gasteiger partial charge in [0.1, 0.15) is 0 Å².